The van der Waals surface area contributed by atoms with Gasteiger partial charge in [0.15, 0.2) is 5.82 Å². The summed E-state index contributed by atoms with van der Waals surface area (Å²) < 4.78 is 13.4. The number of aromatic amines is 1. The number of hydrogen-bond acceptors (Lipinski definition) is 3. The second-order valence-corrected chi connectivity index (χ2v) is 3.23. The topological polar surface area (TPSA) is 58.6 Å². The Balaban J connectivity index is 2.54. The highest BCUT2D eigenvalue weighted by atomic mass is 35.5. The molecule has 0 saturated heterocycles. The Bertz CT molecular complexity index is 535. The van der Waals surface area contributed by atoms with Crippen LogP contribution in [-0.2, 0) is 0 Å². The highest BCUT2D eigenvalue weighted by Crippen LogP contribution is 2.19. The van der Waals surface area contributed by atoms with Crippen LogP contribution >= 0.6 is 11.6 Å². The molecule has 15 heavy (non-hydrogen) atoms. The third kappa shape index (κ3) is 2.02. The Morgan fingerprint density at radius 2 is 2.20 bits per heavy atom. The molecule has 0 spiro atoms. The zero-order valence-electron chi connectivity index (χ0n) is 7.37. The van der Waals surface area contributed by atoms with E-state index in [1.165, 1.54) is 18.3 Å². The first-order valence-electron chi connectivity index (χ1n) is 4.04. The molecule has 2 aromatic rings. The number of nitrogens with zero attached hydrogens (tertiary/aromatic N) is 2. The standard InChI is InChI=1S/C9H5ClFN3O/c10-5-3-6(11)9(12-4-5)7-1-2-8(15)14-13-7/h1-4H,(H,14,15). The molecular weight excluding hydrogens is 221 g/mol. The molecule has 76 valence electrons. The van der Waals surface area contributed by atoms with Gasteiger partial charge >= 0.3 is 0 Å². The minimum absolute atomic E-state index is 0.0515. The molecule has 1 N–H and O–H groups in total. The molecule has 0 aliphatic heterocycles. The van der Waals surface area contributed by atoms with Crippen LogP contribution in [0.4, 0.5) is 4.39 Å². The van der Waals surface area contributed by atoms with Gasteiger partial charge in [-0.2, -0.15) is 5.10 Å². The maximum atomic E-state index is 13.4. The van der Waals surface area contributed by atoms with E-state index < -0.39 is 5.82 Å². The number of aromatic nitrogens is 3. The van der Waals surface area contributed by atoms with E-state index in [1.807, 2.05) is 0 Å². The smallest absolute Gasteiger partial charge is 0.264 e. The van der Waals surface area contributed by atoms with Gasteiger partial charge in [-0.15, -0.1) is 0 Å². The van der Waals surface area contributed by atoms with Gasteiger partial charge in [0.1, 0.15) is 11.4 Å². The number of hydrogen-bond donors (Lipinski definition) is 1. The number of nitrogens with one attached hydrogen (secondary N) is 1. The van der Waals surface area contributed by atoms with Crippen molar-refractivity contribution in [3.8, 4) is 11.4 Å². The SMILES string of the molecule is O=c1ccc(-c2ncc(Cl)cc2F)n[nH]1. The van der Waals surface area contributed by atoms with Crippen molar-refractivity contribution >= 4 is 11.6 Å². The molecule has 0 aliphatic carbocycles. The van der Waals surface area contributed by atoms with Crippen LogP contribution in [0.2, 0.25) is 5.02 Å². The molecule has 0 unspecified atom stereocenters. The Morgan fingerprint density at radius 1 is 1.40 bits per heavy atom. The fourth-order valence-corrected chi connectivity index (χ4v) is 1.22. The van der Waals surface area contributed by atoms with Crippen molar-refractivity contribution in [2.24, 2.45) is 0 Å². The fourth-order valence-electron chi connectivity index (χ4n) is 1.08. The Kier molecular flexibility index (Phi) is 2.47. The van der Waals surface area contributed by atoms with E-state index in [9.17, 15) is 9.18 Å². The van der Waals surface area contributed by atoms with Gasteiger partial charge in [-0.3, -0.25) is 4.79 Å². The van der Waals surface area contributed by atoms with Crippen molar-refractivity contribution in [2.75, 3.05) is 0 Å². The van der Waals surface area contributed by atoms with Crippen molar-refractivity contribution in [1.29, 1.82) is 0 Å². The molecule has 2 aromatic heterocycles. The lowest BCUT2D eigenvalue weighted by Gasteiger charge is -2.00. The maximum absolute atomic E-state index is 13.4. The second kappa shape index (κ2) is 3.78. The molecule has 0 fully saturated rings. The van der Waals surface area contributed by atoms with E-state index in [4.69, 9.17) is 11.6 Å². The highest BCUT2D eigenvalue weighted by Gasteiger charge is 2.08. The van der Waals surface area contributed by atoms with Crippen molar-refractivity contribution < 1.29 is 4.39 Å². The normalized spacial score (nSPS) is 10.3. The van der Waals surface area contributed by atoms with E-state index in [0.29, 0.717) is 0 Å². The van der Waals surface area contributed by atoms with Gasteiger partial charge in [-0.1, -0.05) is 11.6 Å². The Labute approximate surface area is 88.7 Å². The fraction of sp³-hybridized carbons (Fsp3) is 0. The van der Waals surface area contributed by atoms with Crippen LogP contribution in [0.5, 0.6) is 0 Å². The molecular formula is C9H5ClFN3O. The van der Waals surface area contributed by atoms with Crippen LogP contribution in [0.3, 0.4) is 0 Å². The first-order valence-corrected chi connectivity index (χ1v) is 4.42. The third-order valence-electron chi connectivity index (χ3n) is 1.73. The molecule has 2 rings (SSSR count). The molecule has 0 atom stereocenters. The van der Waals surface area contributed by atoms with Crippen LogP contribution in [0.15, 0.2) is 29.2 Å². The van der Waals surface area contributed by atoms with Crippen LogP contribution in [-0.4, -0.2) is 15.2 Å². The van der Waals surface area contributed by atoms with E-state index >= 15 is 0 Å². The molecule has 0 amide bonds. The number of rotatable bonds is 1. The summed E-state index contributed by atoms with van der Waals surface area (Å²) >= 11 is 5.55. The minimum Gasteiger partial charge on any atom is -0.268 e. The van der Waals surface area contributed by atoms with Gasteiger partial charge in [0, 0.05) is 12.3 Å². The van der Waals surface area contributed by atoms with Gasteiger partial charge in [0.2, 0.25) is 0 Å². The molecule has 2 heterocycles. The Hall–Kier alpha value is -1.75. The lowest BCUT2D eigenvalue weighted by Crippen LogP contribution is -2.06. The monoisotopic (exact) mass is 225 g/mol. The van der Waals surface area contributed by atoms with E-state index in [-0.39, 0.29) is 22.0 Å². The molecule has 4 nitrogen and oxygen atoms in total. The average Bonchev–Trinajstić information content (AvgIpc) is 2.20. The van der Waals surface area contributed by atoms with Crippen LogP contribution < -0.4 is 5.56 Å². The van der Waals surface area contributed by atoms with Gasteiger partial charge in [0.05, 0.1) is 5.02 Å². The van der Waals surface area contributed by atoms with E-state index in [0.717, 1.165) is 6.07 Å². The van der Waals surface area contributed by atoms with Crippen molar-refractivity contribution in [1.82, 2.24) is 15.2 Å². The molecule has 0 radical (unpaired) electrons. The van der Waals surface area contributed by atoms with E-state index in [2.05, 4.69) is 15.2 Å². The summed E-state index contributed by atoms with van der Waals surface area (Å²) in [5.41, 5.74) is -0.0486. The van der Waals surface area contributed by atoms with Crippen molar-refractivity contribution in [3.05, 3.63) is 45.6 Å². The summed E-state index contributed by atoms with van der Waals surface area (Å²) in [6.45, 7) is 0. The van der Waals surface area contributed by atoms with E-state index in [1.54, 1.807) is 0 Å². The minimum atomic E-state index is -0.581. The van der Waals surface area contributed by atoms with Crippen LogP contribution in [0, 0.1) is 5.82 Å². The summed E-state index contributed by atoms with van der Waals surface area (Å²) in [6, 6.07) is 3.77. The maximum Gasteiger partial charge on any atom is 0.264 e. The van der Waals surface area contributed by atoms with Gasteiger partial charge in [0.25, 0.3) is 5.56 Å². The highest BCUT2D eigenvalue weighted by molar-refractivity contribution is 6.30. The Morgan fingerprint density at radius 3 is 2.80 bits per heavy atom. The lowest BCUT2D eigenvalue weighted by molar-refractivity contribution is 0.624. The number of pyridine rings is 1. The lowest BCUT2D eigenvalue weighted by atomic mass is 10.2. The summed E-state index contributed by atoms with van der Waals surface area (Å²) in [7, 11) is 0. The quantitative estimate of drug-likeness (QED) is 0.802. The number of H-pyrrole nitrogens is 1. The molecule has 0 bridgehead atoms. The molecule has 0 aromatic carbocycles. The molecule has 0 aliphatic rings. The average molecular weight is 226 g/mol. The summed E-state index contributed by atoms with van der Waals surface area (Å²) in [6.07, 6.45) is 1.31. The second-order valence-electron chi connectivity index (χ2n) is 2.79. The summed E-state index contributed by atoms with van der Waals surface area (Å²) in [5, 5.41) is 6.06. The van der Waals surface area contributed by atoms with Gasteiger partial charge in [-0.05, 0) is 12.1 Å². The predicted molar refractivity (Wildman–Crippen MR) is 53.1 cm³/mol. The largest absolute Gasteiger partial charge is 0.268 e. The van der Waals surface area contributed by atoms with Crippen molar-refractivity contribution in [3.63, 3.8) is 0 Å². The summed E-state index contributed by atoms with van der Waals surface area (Å²) in [4.78, 5) is 14.5. The molecule has 6 heteroatoms. The predicted octanol–water partition coefficient (Wildman–Crippen LogP) is 1.62. The summed E-state index contributed by atoms with van der Waals surface area (Å²) in [5.74, 6) is -0.581. The first kappa shape index (κ1) is 9.79. The van der Waals surface area contributed by atoms with Crippen molar-refractivity contribution in [2.45, 2.75) is 0 Å². The number of halogens is 2. The van der Waals surface area contributed by atoms with Gasteiger partial charge in [-0.25, -0.2) is 14.5 Å². The van der Waals surface area contributed by atoms with Crippen LogP contribution in [0.1, 0.15) is 0 Å². The first-order chi connectivity index (χ1) is 7.16. The zero-order valence-corrected chi connectivity index (χ0v) is 8.12. The van der Waals surface area contributed by atoms with Crippen LogP contribution in [0.25, 0.3) is 11.4 Å². The third-order valence-corrected chi connectivity index (χ3v) is 1.94. The molecule has 0 saturated carbocycles. The zero-order chi connectivity index (χ0) is 10.8. The van der Waals surface area contributed by atoms with Gasteiger partial charge < -0.3 is 0 Å².